The first kappa shape index (κ1) is 14.2. The SMILES string of the molecule is CN(Cc1nc(N)c2cnn(C)c2n1)CC1CCCCO1. The van der Waals surface area contributed by atoms with Crippen LogP contribution in [0.5, 0.6) is 0 Å². The third-order valence-electron chi connectivity index (χ3n) is 3.87. The minimum atomic E-state index is 0.321. The van der Waals surface area contributed by atoms with E-state index in [1.165, 1.54) is 12.8 Å². The van der Waals surface area contributed by atoms with E-state index in [1.54, 1.807) is 10.9 Å². The molecule has 114 valence electrons. The second-order valence-corrected chi connectivity index (χ2v) is 5.72. The molecule has 1 atom stereocenters. The van der Waals surface area contributed by atoms with Crippen LogP contribution in [0.25, 0.3) is 11.0 Å². The molecule has 0 bridgehead atoms. The lowest BCUT2D eigenvalue weighted by molar-refractivity contribution is -0.00289. The zero-order valence-electron chi connectivity index (χ0n) is 12.6. The fourth-order valence-electron chi connectivity index (χ4n) is 2.77. The lowest BCUT2D eigenvalue weighted by Crippen LogP contribution is -2.33. The van der Waals surface area contributed by atoms with E-state index < -0.39 is 0 Å². The quantitative estimate of drug-likeness (QED) is 0.902. The van der Waals surface area contributed by atoms with Gasteiger partial charge in [-0.3, -0.25) is 9.58 Å². The van der Waals surface area contributed by atoms with Gasteiger partial charge in [0.05, 0.1) is 24.2 Å². The van der Waals surface area contributed by atoms with Crippen molar-refractivity contribution in [1.82, 2.24) is 24.6 Å². The Balaban J connectivity index is 1.70. The number of nitrogen functional groups attached to an aromatic ring is 1. The maximum atomic E-state index is 5.98. The van der Waals surface area contributed by atoms with E-state index in [0.717, 1.165) is 36.4 Å². The van der Waals surface area contributed by atoms with Crippen LogP contribution in [-0.4, -0.2) is 51.0 Å². The summed E-state index contributed by atoms with van der Waals surface area (Å²) >= 11 is 0. The molecule has 2 aromatic rings. The number of anilines is 1. The Morgan fingerprint density at radius 2 is 2.29 bits per heavy atom. The molecule has 3 heterocycles. The number of fused-ring (bicyclic) bond motifs is 1. The van der Waals surface area contributed by atoms with E-state index in [1.807, 2.05) is 7.05 Å². The fourth-order valence-corrected chi connectivity index (χ4v) is 2.77. The normalized spacial score (nSPS) is 19.5. The molecular weight excluding hydrogens is 268 g/mol. The third-order valence-corrected chi connectivity index (χ3v) is 3.87. The average molecular weight is 290 g/mol. The van der Waals surface area contributed by atoms with E-state index in [0.29, 0.717) is 18.5 Å². The van der Waals surface area contributed by atoms with Crippen molar-refractivity contribution in [3.8, 4) is 0 Å². The summed E-state index contributed by atoms with van der Waals surface area (Å²) < 4.78 is 7.49. The molecule has 0 aromatic carbocycles. The standard InChI is InChI=1S/C14H22N6O/c1-19(8-10-5-3-4-6-21-10)9-12-17-13(15)11-7-16-20(2)14(11)18-12/h7,10H,3-6,8-9H2,1-2H3,(H2,15,17,18). The topological polar surface area (TPSA) is 82.1 Å². The molecular formula is C14H22N6O. The molecule has 1 unspecified atom stereocenters. The lowest BCUT2D eigenvalue weighted by Gasteiger charge is -2.27. The monoisotopic (exact) mass is 290 g/mol. The van der Waals surface area contributed by atoms with Gasteiger partial charge in [0.1, 0.15) is 11.6 Å². The van der Waals surface area contributed by atoms with Gasteiger partial charge in [-0.05, 0) is 26.3 Å². The smallest absolute Gasteiger partial charge is 0.163 e. The molecule has 0 spiro atoms. The lowest BCUT2D eigenvalue weighted by atomic mass is 10.1. The van der Waals surface area contributed by atoms with Crippen LogP contribution in [0.15, 0.2) is 6.20 Å². The van der Waals surface area contributed by atoms with E-state index in [9.17, 15) is 0 Å². The molecule has 7 nitrogen and oxygen atoms in total. The summed E-state index contributed by atoms with van der Waals surface area (Å²) in [5.74, 6) is 1.22. The number of aryl methyl sites for hydroxylation is 1. The first-order valence-electron chi connectivity index (χ1n) is 7.37. The predicted octanol–water partition coefficient (Wildman–Crippen LogP) is 0.946. The van der Waals surface area contributed by atoms with Gasteiger partial charge in [-0.15, -0.1) is 0 Å². The Morgan fingerprint density at radius 1 is 1.43 bits per heavy atom. The second kappa shape index (κ2) is 5.95. The van der Waals surface area contributed by atoms with E-state index >= 15 is 0 Å². The predicted molar refractivity (Wildman–Crippen MR) is 80.6 cm³/mol. The number of hydrogen-bond donors (Lipinski definition) is 1. The molecule has 1 saturated heterocycles. The van der Waals surface area contributed by atoms with Gasteiger partial charge in [-0.25, -0.2) is 9.97 Å². The number of aromatic nitrogens is 4. The van der Waals surface area contributed by atoms with Crippen LogP contribution in [0, 0.1) is 0 Å². The number of nitrogens with zero attached hydrogens (tertiary/aromatic N) is 5. The molecule has 21 heavy (non-hydrogen) atoms. The van der Waals surface area contributed by atoms with Crippen molar-refractivity contribution in [2.75, 3.05) is 25.9 Å². The van der Waals surface area contributed by atoms with Crippen LogP contribution >= 0.6 is 0 Å². The van der Waals surface area contributed by atoms with Crippen molar-refractivity contribution in [2.24, 2.45) is 7.05 Å². The van der Waals surface area contributed by atoms with Gasteiger partial charge in [0.25, 0.3) is 0 Å². The zero-order valence-corrected chi connectivity index (χ0v) is 12.6. The van der Waals surface area contributed by atoms with Crippen LogP contribution in [0.2, 0.25) is 0 Å². The number of ether oxygens (including phenoxy) is 1. The van der Waals surface area contributed by atoms with Crippen molar-refractivity contribution in [3.05, 3.63) is 12.0 Å². The van der Waals surface area contributed by atoms with E-state index in [-0.39, 0.29) is 0 Å². The minimum Gasteiger partial charge on any atom is -0.383 e. The van der Waals surface area contributed by atoms with Crippen LogP contribution in [0.3, 0.4) is 0 Å². The molecule has 0 amide bonds. The Hall–Kier alpha value is -1.73. The first-order chi connectivity index (χ1) is 10.1. The van der Waals surface area contributed by atoms with Crippen molar-refractivity contribution in [2.45, 2.75) is 31.9 Å². The number of hydrogen-bond acceptors (Lipinski definition) is 6. The van der Waals surface area contributed by atoms with Gasteiger partial charge < -0.3 is 10.5 Å². The summed E-state index contributed by atoms with van der Waals surface area (Å²) in [5, 5.41) is 4.98. The molecule has 1 aliphatic heterocycles. The highest BCUT2D eigenvalue weighted by atomic mass is 16.5. The summed E-state index contributed by atoms with van der Waals surface area (Å²) in [5.41, 5.74) is 6.76. The Labute approximate surface area is 124 Å². The first-order valence-corrected chi connectivity index (χ1v) is 7.37. The van der Waals surface area contributed by atoms with Crippen LogP contribution in [-0.2, 0) is 18.3 Å². The van der Waals surface area contributed by atoms with Crippen LogP contribution < -0.4 is 5.73 Å². The van der Waals surface area contributed by atoms with E-state index in [4.69, 9.17) is 10.5 Å². The van der Waals surface area contributed by atoms with Crippen molar-refractivity contribution < 1.29 is 4.74 Å². The molecule has 3 rings (SSSR count). The Kier molecular flexibility index (Phi) is 4.03. The minimum absolute atomic E-state index is 0.321. The zero-order chi connectivity index (χ0) is 14.8. The molecule has 0 aliphatic carbocycles. The Morgan fingerprint density at radius 3 is 3.05 bits per heavy atom. The summed E-state index contributed by atoms with van der Waals surface area (Å²) in [6.45, 7) is 2.43. The van der Waals surface area contributed by atoms with Crippen molar-refractivity contribution in [3.63, 3.8) is 0 Å². The fraction of sp³-hybridized carbons (Fsp3) is 0.643. The highest BCUT2D eigenvalue weighted by molar-refractivity contribution is 5.84. The molecule has 0 saturated carbocycles. The maximum Gasteiger partial charge on any atom is 0.163 e. The second-order valence-electron chi connectivity index (χ2n) is 5.72. The molecule has 1 aliphatic rings. The average Bonchev–Trinajstić information content (AvgIpc) is 2.82. The highest BCUT2D eigenvalue weighted by Crippen LogP contribution is 2.18. The van der Waals surface area contributed by atoms with Crippen LogP contribution in [0.4, 0.5) is 5.82 Å². The van der Waals surface area contributed by atoms with Crippen molar-refractivity contribution >= 4 is 16.9 Å². The largest absolute Gasteiger partial charge is 0.383 e. The van der Waals surface area contributed by atoms with Crippen molar-refractivity contribution in [1.29, 1.82) is 0 Å². The number of rotatable bonds is 4. The van der Waals surface area contributed by atoms with E-state index in [2.05, 4.69) is 27.0 Å². The molecule has 2 N–H and O–H groups in total. The third kappa shape index (κ3) is 3.14. The maximum absolute atomic E-state index is 5.98. The van der Waals surface area contributed by atoms with Gasteiger partial charge >= 0.3 is 0 Å². The number of nitrogens with two attached hydrogens (primary N) is 1. The summed E-state index contributed by atoms with van der Waals surface area (Å²) in [4.78, 5) is 11.1. The van der Waals surface area contributed by atoms with Gasteiger partial charge in [-0.2, -0.15) is 5.10 Å². The summed E-state index contributed by atoms with van der Waals surface area (Å²) in [7, 11) is 3.92. The highest BCUT2D eigenvalue weighted by Gasteiger charge is 2.17. The van der Waals surface area contributed by atoms with Gasteiger partial charge in [-0.1, -0.05) is 0 Å². The van der Waals surface area contributed by atoms with Gasteiger partial charge in [0.15, 0.2) is 5.65 Å². The molecule has 1 fully saturated rings. The Bertz CT molecular complexity index is 619. The molecule has 7 heteroatoms. The molecule has 2 aromatic heterocycles. The molecule has 0 radical (unpaired) electrons. The number of likely N-dealkylation sites (N-methyl/N-ethyl adjacent to an activating group) is 1. The van der Waals surface area contributed by atoms with Crippen LogP contribution in [0.1, 0.15) is 25.1 Å². The summed E-state index contributed by atoms with van der Waals surface area (Å²) in [6.07, 6.45) is 5.59. The van der Waals surface area contributed by atoms with Gasteiger partial charge in [0.2, 0.25) is 0 Å². The summed E-state index contributed by atoms with van der Waals surface area (Å²) in [6, 6.07) is 0. The van der Waals surface area contributed by atoms with Gasteiger partial charge in [0, 0.05) is 20.2 Å².